The lowest BCUT2D eigenvalue weighted by Crippen LogP contribution is -2.31. The smallest absolute Gasteiger partial charge is 0.240 e. The maximum Gasteiger partial charge on any atom is 0.240 e. The standard InChI is InChI=1S/C13H20N2O3S/c1-10-7-13(5-4-11(10)8-14)19(16,17)15-9-12-3-2-6-18-12/h4-5,7,12,15H,2-3,6,8-9,14H2,1H3. The molecule has 2 rings (SSSR count). The number of sulfonamides is 1. The van der Waals surface area contributed by atoms with Gasteiger partial charge in [-0.2, -0.15) is 0 Å². The summed E-state index contributed by atoms with van der Waals surface area (Å²) in [5, 5.41) is 0. The minimum absolute atomic E-state index is 0.000753. The van der Waals surface area contributed by atoms with Crippen molar-refractivity contribution in [1.82, 2.24) is 4.72 Å². The van der Waals surface area contributed by atoms with Gasteiger partial charge >= 0.3 is 0 Å². The fraction of sp³-hybridized carbons (Fsp3) is 0.538. The first-order chi connectivity index (χ1) is 9.03. The van der Waals surface area contributed by atoms with Gasteiger partial charge in [-0.1, -0.05) is 6.07 Å². The van der Waals surface area contributed by atoms with Gasteiger partial charge < -0.3 is 10.5 Å². The second-order valence-corrected chi connectivity index (χ2v) is 6.55. The third kappa shape index (κ3) is 3.54. The molecule has 1 aliphatic heterocycles. The molecule has 0 bridgehead atoms. The Bertz CT molecular complexity index is 537. The van der Waals surface area contributed by atoms with Crippen molar-refractivity contribution in [3.05, 3.63) is 29.3 Å². The summed E-state index contributed by atoms with van der Waals surface area (Å²) in [5.41, 5.74) is 7.42. The van der Waals surface area contributed by atoms with Crippen LogP contribution in [0.3, 0.4) is 0 Å². The first-order valence-electron chi connectivity index (χ1n) is 6.44. The van der Waals surface area contributed by atoms with E-state index in [1.165, 1.54) is 0 Å². The third-order valence-corrected chi connectivity index (χ3v) is 4.79. The summed E-state index contributed by atoms with van der Waals surface area (Å²) in [6.45, 7) is 3.33. The number of hydrogen-bond donors (Lipinski definition) is 2. The zero-order valence-electron chi connectivity index (χ0n) is 11.1. The molecule has 1 atom stereocenters. The molecule has 1 aliphatic rings. The maximum atomic E-state index is 12.1. The van der Waals surface area contributed by atoms with Crippen molar-refractivity contribution in [3.63, 3.8) is 0 Å². The lowest BCUT2D eigenvalue weighted by molar-refractivity contribution is 0.114. The Morgan fingerprint density at radius 2 is 2.26 bits per heavy atom. The van der Waals surface area contributed by atoms with E-state index in [-0.39, 0.29) is 11.0 Å². The maximum absolute atomic E-state index is 12.1. The molecule has 0 amide bonds. The SMILES string of the molecule is Cc1cc(S(=O)(=O)NCC2CCCO2)ccc1CN. The molecule has 0 spiro atoms. The van der Waals surface area contributed by atoms with E-state index < -0.39 is 10.0 Å². The van der Waals surface area contributed by atoms with Crippen molar-refractivity contribution in [2.75, 3.05) is 13.2 Å². The average molecular weight is 284 g/mol. The molecule has 1 aromatic carbocycles. The summed E-state index contributed by atoms with van der Waals surface area (Å²) < 4.78 is 32.3. The predicted octanol–water partition coefficient (Wildman–Crippen LogP) is 0.911. The molecule has 0 aliphatic carbocycles. The molecule has 5 nitrogen and oxygen atoms in total. The van der Waals surface area contributed by atoms with Gasteiger partial charge in [0.05, 0.1) is 11.0 Å². The molecular formula is C13H20N2O3S. The average Bonchev–Trinajstić information content (AvgIpc) is 2.89. The topological polar surface area (TPSA) is 81.4 Å². The molecule has 1 aromatic rings. The van der Waals surface area contributed by atoms with E-state index >= 15 is 0 Å². The Balaban J connectivity index is 2.08. The fourth-order valence-corrected chi connectivity index (χ4v) is 3.31. The molecule has 19 heavy (non-hydrogen) atoms. The van der Waals surface area contributed by atoms with Gasteiger partial charge in [0.15, 0.2) is 0 Å². The molecule has 1 fully saturated rings. The van der Waals surface area contributed by atoms with Crippen LogP contribution in [0.15, 0.2) is 23.1 Å². The van der Waals surface area contributed by atoms with Gasteiger partial charge in [-0.05, 0) is 43.0 Å². The van der Waals surface area contributed by atoms with Crippen LogP contribution in [0.2, 0.25) is 0 Å². The van der Waals surface area contributed by atoms with E-state index in [0.29, 0.717) is 13.1 Å². The second-order valence-electron chi connectivity index (χ2n) is 4.78. The highest BCUT2D eigenvalue weighted by atomic mass is 32.2. The molecule has 6 heteroatoms. The molecule has 1 saturated heterocycles. The molecule has 1 unspecified atom stereocenters. The van der Waals surface area contributed by atoms with Crippen LogP contribution in [0.25, 0.3) is 0 Å². The molecule has 0 radical (unpaired) electrons. The summed E-state index contributed by atoms with van der Waals surface area (Å²) in [7, 11) is -3.47. The van der Waals surface area contributed by atoms with Crippen LogP contribution in [0.4, 0.5) is 0 Å². The van der Waals surface area contributed by atoms with Gasteiger partial charge in [0.25, 0.3) is 0 Å². The number of benzene rings is 1. The number of rotatable bonds is 5. The van der Waals surface area contributed by atoms with Crippen LogP contribution in [-0.2, 0) is 21.3 Å². The number of nitrogens with one attached hydrogen (secondary N) is 1. The quantitative estimate of drug-likeness (QED) is 0.842. The van der Waals surface area contributed by atoms with Gasteiger partial charge in [-0.25, -0.2) is 13.1 Å². The van der Waals surface area contributed by atoms with Crippen molar-refractivity contribution in [3.8, 4) is 0 Å². The summed E-state index contributed by atoms with van der Waals surface area (Å²) >= 11 is 0. The van der Waals surface area contributed by atoms with Crippen LogP contribution in [0.1, 0.15) is 24.0 Å². The molecule has 3 N–H and O–H groups in total. The lowest BCUT2D eigenvalue weighted by Gasteiger charge is -2.12. The monoisotopic (exact) mass is 284 g/mol. The van der Waals surface area contributed by atoms with E-state index in [2.05, 4.69) is 4.72 Å². The number of hydrogen-bond acceptors (Lipinski definition) is 4. The minimum atomic E-state index is -3.47. The Kier molecular flexibility index (Phi) is 4.57. The molecule has 1 heterocycles. The van der Waals surface area contributed by atoms with Gasteiger partial charge in [-0.3, -0.25) is 0 Å². The minimum Gasteiger partial charge on any atom is -0.377 e. The van der Waals surface area contributed by atoms with E-state index in [1.807, 2.05) is 6.92 Å². The van der Waals surface area contributed by atoms with Gasteiger partial charge in [0.2, 0.25) is 10.0 Å². The summed E-state index contributed by atoms with van der Waals surface area (Å²) in [6, 6.07) is 5.00. The highest BCUT2D eigenvalue weighted by Crippen LogP contribution is 2.16. The Morgan fingerprint density at radius 3 is 2.84 bits per heavy atom. The van der Waals surface area contributed by atoms with E-state index in [0.717, 1.165) is 30.6 Å². The van der Waals surface area contributed by atoms with Crippen molar-refractivity contribution < 1.29 is 13.2 Å². The van der Waals surface area contributed by atoms with Gasteiger partial charge in [0, 0.05) is 19.7 Å². The molecular weight excluding hydrogens is 264 g/mol. The van der Waals surface area contributed by atoms with Crippen molar-refractivity contribution >= 4 is 10.0 Å². The van der Waals surface area contributed by atoms with Crippen molar-refractivity contribution in [2.24, 2.45) is 5.73 Å². The third-order valence-electron chi connectivity index (χ3n) is 3.37. The molecule has 0 aromatic heterocycles. The van der Waals surface area contributed by atoms with E-state index in [4.69, 9.17) is 10.5 Å². The largest absolute Gasteiger partial charge is 0.377 e. The number of aryl methyl sites for hydroxylation is 1. The lowest BCUT2D eigenvalue weighted by atomic mass is 10.1. The highest BCUT2D eigenvalue weighted by molar-refractivity contribution is 7.89. The number of ether oxygens (including phenoxy) is 1. The molecule has 0 saturated carbocycles. The van der Waals surface area contributed by atoms with Gasteiger partial charge in [0.1, 0.15) is 0 Å². The summed E-state index contributed by atoms with van der Waals surface area (Å²) in [4.78, 5) is 0.278. The van der Waals surface area contributed by atoms with E-state index in [1.54, 1.807) is 18.2 Å². The van der Waals surface area contributed by atoms with Crippen LogP contribution in [-0.4, -0.2) is 27.7 Å². The zero-order chi connectivity index (χ0) is 13.9. The Hall–Kier alpha value is -0.950. The zero-order valence-corrected chi connectivity index (χ0v) is 11.9. The van der Waals surface area contributed by atoms with Crippen LogP contribution in [0, 0.1) is 6.92 Å². The second kappa shape index (κ2) is 6.00. The van der Waals surface area contributed by atoms with Crippen LogP contribution in [0.5, 0.6) is 0 Å². The first-order valence-corrected chi connectivity index (χ1v) is 7.92. The van der Waals surface area contributed by atoms with Crippen molar-refractivity contribution in [1.29, 1.82) is 0 Å². The van der Waals surface area contributed by atoms with Crippen LogP contribution >= 0.6 is 0 Å². The fourth-order valence-electron chi connectivity index (χ4n) is 2.16. The Labute approximate surface area is 114 Å². The normalized spacial score (nSPS) is 19.8. The van der Waals surface area contributed by atoms with Crippen molar-refractivity contribution in [2.45, 2.75) is 37.3 Å². The summed E-state index contributed by atoms with van der Waals surface area (Å²) in [6.07, 6.45) is 1.91. The Morgan fingerprint density at radius 1 is 1.47 bits per heavy atom. The van der Waals surface area contributed by atoms with Crippen LogP contribution < -0.4 is 10.5 Å². The molecule has 106 valence electrons. The predicted molar refractivity (Wildman–Crippen MR) is 73.2 cm³/mol. The highest BCUT2D eigenvalue weighted by Gasteiger charge is 2.20. The van der Waals surface area contributed by atoms with E-state index in [9.17, 15) is 8.42 Å². The number of nitrogens with two attached hydrogens (primary N) is 1. The summed E-state index contributed by atoms with van der Waals surface area (Å²) in [5.74, 6) is 0. The first kappa shape index (κ1) is 14.5. The van der Waals surface area contributed by atoms with Gasteiger partial charge in [-0.15, -0.1) is 0 Å².